The lowest BCUT2D eigenvalue weighted by atomic mass is 9.79. The van der Waals surface area contributed by atoms with Crippen LogP contribution >= 0.6 is 0 Å². The van der Waals surface area contributed by atoms with Gasteiger partial charge in [0.2, 0.25) is 0 Å². The first-order chi connectivity index (χ1) is 7.21. The smallest absolute Gasteiger partial charge is 0.139 e. The monoisotopic (exact) mass is 210 g/mol. The highest BCUT2D eigenvalue weighted by molar-refractivity contribution is 5.84. The van der Waals surface area contributed by atoms with Crippen LogP contribution < -0.4 is 0 Å². The van der Waals surface area contributed by atoms with Gasteiger partial charge >= 0.3 is 0 Å². The van der Waals surface area contributed by atoms with Gasteiger partial charge in [-0.05, 0) is 31.6 Å². The number of ether oxygens (including phenoxy) is 1. The zero-order chi connectivity index (χ0) is 10.7. The second kappa shape index (κ2) is 4.65. The van der Waals surface area contributed by atoms with Crippen LogP contribution in [0.15, 0.2) is 0 Å². The van der Waals surface area contributed by atoms with Gasteiger partial charge in [-0.15, -0.1) is 0 Å². The van der Waals surface area contributed by atoms with Gasteiger partial charge in [0.15, 0.2) is 0 Å². The van der Waals surface area contributed by atoms with Crippen LogP contribution in [0.1, 0.15) is 51.9 Å². The molecule has 0 spiro atoms. The average Bonchev–Trinajstić information content (AvgIpc) is 2.68. The molecule has 0 bridgehead atoms. The zero-order valence-electron chi connectivity index (χ0n) is 9.76. The molecule has 2 nitrogen and oxygen atoms in total. The minimum absolute atomic E-state index is 0.0261. The van der Waals surface area contributed by atoms with E-state index in [9.17, 15) is 4.79 Å². The van der Waals surface area contributed by atoms with Gasteiger partial charge in [-0.3, -0.25) is 4.79 Å². The molecule has 1 heterocycles. The van der Waals surface area contributed by atoms with E-state index in [0.29, 0.717) is 11.7 Å². The molecule has 86 valence electrons. The van der Waals surface area contributed by atoms with E-state index in [2.05, 4.69) is 6.92 Å². The van der Waals surface area contributed by atoms with Gasteiger partial charge in [-0.1, -0.05) is 19.8 Å². The lowest BCUT2D eigenvalue weighted by Crippen LogP contribution is -2.28. The molecule has 0 aromatic rings. The van der Waals surface area contributed by atoms with Gasteiger partial charge in [0.1, 0.15) is 5.78 Å². The Bertz CT molecular complexity index is 223. The van der Waals surface area contributed by atoms with Crippen LogP contribution in [0.2, 0.25) is 0 Å². The summed E-state index contributed by atoms with van der Waals surface area (Å²) in [6.07, 6.45) is 7.71. The molecular formula is C13H22O2. The Morgan fingerprint density at radius 3 is 2.47 bits per heavy atom. The van der Waals surface area contributed by atoms with E-state index in [1.165, 1.54) is 12.8 Å². The Hall–Kier alpha value is -0.370. The average molecular weight is 210 g/mol. The molecule has 1 saturated heterocycles. The third kappa shape index (κ3) is 2.60. The summed E-state index contributed by atoms with van der Waals surface area (Å²) in [4.78, 5) is 12.2. The molecule has 1 saturated carbocycles. The van der Waals surface area contributed by atoms with Crippen molar-refractivity contribution in [1.29, 1.82) is 0 Å². The third-order valence-electron chi connectivity index (χ3n) is 4.20. The molecule has 0 atom stereocenters. The van der Waals surface area contributed by atoms with Gasteiger partial charge in [-0.2, -0.15) is 0 Å². The standard InChI is InChI=1S/C13H22O2/c1-13(6-2-3-7-13)12(14)10-11-4-8-15-9-5-11/h11H,2-10H2,1H3. The van der Waals surface area contributed by atoms with Gasteiger partial charge in [-0.25, -0.2) is 0 Å². The number of hydrogen-bond donors (Lipinski definition) is 0. The number of hydrogen-bond acceptors (Lipinski definition) is 2. The van der Waals surface area contributed by atoms with E-state index in [1.807, 2.05) is 0 Å². The summed E-state index contributed by atoms with van der Waals surface area (Å²) in [6.45, 7) is 3.88. The topological polar surface area (TPSA) is 26.3 Å². The number of ketones is 1. The van der Waals surface area contributed by atoms with Gasteiger partial charge in [0.25, 0.3) is 0 Å². The lowest BCUT2D eigenvalue weighted by Gasteiger charge is -2.27. The lowest BCUT2D eigenvalue weighted by molar-refractivity contribution is -0.129. The maximum Gasteiger partial charge on any atom is 0.139 e. The van der Waals surface area contributed by atoms with Crippen molar-refractivity contribution in [1.82, 2.24) is 0 Å². The fraction of sp³-hybridized carbons (Fsp3) is 0.923. The van der Waals surface area contributed by atoms with E-state index in [-0.39, 0.29) is 5.41 Å². The van der Waals surface area contributed by atoms with Gasteiger partial charge < -0.3 is 4.74 Å². The highest BCUT2D eigenvalue weighted by atomic mass is 16.5. The van der Waals surface area contributed by atoms with E-state index < -0.39 is 0 Å². The molecule has 0 radical (unpaired) electrons. The first kappa shape index (κ1) is 11.1. The quantitative estimate of drug-likeness (QED) is 0.716. The SMILES string of the molecule is CC1(C(=O)CC2CCOCC2)CCCC1. The molecule has 0 unspecified atom stereocenters. The van der Waals surface area contributed by atoms with Gasteiger partial charge in [0.05, 0.1) is 0 Å². The summed E-state index contributed by atoms with van der Waals surface area (Å²) in [5.74, 6) is 1.12. The summed E-state index contributed by atoms with van der Waals surface area (Å²) >= 11 is 0. The van der Waals surface area contributed by atoms with Crippen molar-refractivity contribution < 1.29 is 9.53 Å². The molecule has 0 aromatic carbocycles. The molecule has 2 fully saturated rings. The van der Waals surface area contributed by atoms with E-state index in [1.54, 1.807) is 0 Å². The Kier molecular flexibility index (Phi) is 3.45. The van der Waals surface area contributed by atoms with Crippen molar-refractivity contribution in [2.24, 2.45) is 11.3 Å². The minimum Gasteiger partial charge on any atom is -0.381 e. The van der Waals surface area contributed by atoms with Crippen molar-refractivity contribution in [3.8, 4) is 0 Å². The third-order valence-corrected chi connectivity index (χ3v) is 4.20. The number of carbonyl (C=O) groups excluding carboxylic acids is 1. The fourth-order valence-electron chi connectivity index (χ4n) is 2.89. The first-order valence-corrected chi connectivity index (χ1v) is 6.32. The van der Waals surface area contributed by atoms with Crippen LogP contribution in [0, 0.1) is 11.3 Å². The van der Waals surface area contributed by atoms with Crippen LogP contribution in [0.3, 0.4) is 0 Å². The predicted octanol–water partition coefficient (Wildman–Crippen LogP) is 2.95. The Labute approximate surface area is 92.4 Å². The maximum absolute atomic E-state index is 12.2. The molecule has 0 amide bonds. The number of Topliss-reactive ketones (excluding diaryl/α,β-unsaturated/α-hetero) is 1. The second-order valence-corrected chi connectivity index (χ2v) is 5.45. The highest BCUT2D eigenvalue weighted by Gasteiger charge is 2.36. The van der Waals surface area contributed by atoms with E-state index in [4.69, 9.17) is 4.74 Å². The Balaban J connectivity index is 1.85. The largest absolute Gasteiger partial charge is 0.381 e. The van der Waals surface area contributed by atoms with Crippen molar-refractivity contribution in [2.45, 2.75) is 51.9 Å². The summed E-state index contributed by atoms with van der Waals surface area (Å²) < 4.78 is 5.32. The van der Waals surface area contributed by atoms with Crippen molar-refractivity contribution in [3.05, 3.63) is 0 Å². The van der Waals surface area contributed by atoms with Crippen LogP contribution in [0.25, 0.3) is 0 Å². The molecule has 0 N–H and O–H groups in total. The van der Waals surface area contributed by atoms with Crippen LogP contribution in [-0.2, 0) is 9.53 Å². The number of carbonyl (C=O) groups is 1. The molecular weight excluding hydrogens is 188 g/mol. The summed E-state index contributed by atoms with van der Waals surface area (Å²) in [5.41, 5.74) is 0.0261. The van der Waals surface area contributed by atoms with Crippen molar-refractivity contribution in [3.63, 3.8) is 0 Å². The minimum atomic E-state index is 0.0261. The summed E-state index contributed by atoms with van der Waals surface area (Å²) in [5, 5.41) is 0. The van der Waals surface area contributed by atoms with E-state index >= 15 is 0 Å². The second-order valence-electron chi connectivity index (χ2n) is 5.45. The maximum atomic E-state index is 12.2. The molecule has 2 aliphatic rings. The molecule has 1 aliphatic carbocycles. The first-order valence-electron chi connectivity index (χ1n) is 6.32. The molecule has 0 aromatic heterocycles. The van der Waals surface area contributed by atoms with Crippen molar-refractivity contribution >= 4 is 5.78 Å². The fourth-order valence-corrected chi connectivity index (χ4v) is 2.89. The summed E-state index contributed by atoms with van der Waals surface area (Å²) in [6, 6.07) is 0. The number of rotatable bonds is 3. The normalized spacial score (nSPS) is 26.7. The van der Waals surface area contributed by atoms with Crippen LogP contribution in [0.5, 0.6) is 0 Å². The zero-order valence-corrected chi connectivity index (χ0v) is 9.76. The van der Waals surface area contributed by atoms with E-state index in [0.717, 1.165) is 45.3 Å². The summed E-state index contributed by atoms with van der Waals surface area (Å²) in [7, 11) is 0. The molecule has 15 heavy (non-hydrogen) atoms. The Morgan fingerprint density at radius 1 is 1.27 bits per heavy atom. The molecule has 2 heteroatoms. The van der Waals surface area contributed by atoms with Crippen molar-refractivity contribution in [2.75, 3.05) is 13.2 Å². The van der Waals surface area contributed by atoms with Gasteiger partial charge in [0, 0.05) is 25.0 Å². The highest BCUT2D eigenvalue weighted by Crippen LogP contribution is 2.40. The predicted molar refractivity (Wildman–Crippen MR) is 59.7 cm³/mol. The molecule has 2 rings (SSSR count). The van der Waals surface area contributed by atoms with Crippen LogP contribution in [-0.4, -0.2) is 19.0 Å². The van der Waals surface area contributed by atoms with Crippen LogP contribution in [0.4, 0.5) is 0 Å². The molecule has 1 aliphatic heterocycles. The Morgan fingerprint density at radius 2 is 1.87 bits per heavy atom.